The standard InChI is InChI=1S/C12H20N4O/c1-9-6-15-12(13-2)16-11(9)14-7-10-4-3-5-17-8-10/h6,10H,3-5,7-8H2,1-2H3,(H2,13,14,15,16). The van der Waals surface area contributed by atoms with E-state index in [1.165, 1.54) is 6.42 Å². The first-order chi connectivity index (χ1) is 8.29. The smallest absolute Gasteiger partial charge is 0.224 e. The van der Waals surface area contributed by atoms with E-state index in [1.807, 2.05) is 20.2 Å². The molecule has 0 bridgehead atoms. The van der Waals surface area contributed by atoms with Gasteiger partial charge in [0, 0.05) is 32.0 Å². The number of nitrogens with zero attached hydrogens (tertiary/aromatic N) is 2. The van der Waals surface area contributed by atoms with Gasteiger partial charge < -0.3 is 15.4 Å². The maximum atomic E-state index is 5.46. The first-order valence-electron chi connectivity index (χ1n) is 6.12. The van der Waals surface area contributed by atoms with Gasteiger partial charge in [-0.3, -0.25) is 0 Å². The average Bonchev–Trinajstić information content (AvgIpc) is 2.39. The third-order valence-corrected chi connectivity index (χ3v) is 3.01. The monoisotopic (exact) mass is 236 g/mol. The van der Waals surface area contributed by atoms with Crippen LogP contribution in [0, 0.1) is 12.8 Å². The molecule has 5 heteroatoms. The lowest BCUT2D eigenvalue weighted by molar-refractivity contribution is 0.0595. The van der Waals surface area contributed by atoms with E-state index in [9.17, 15) is 0 Å². The quantitative estimate of drug-likeness (QED) is 0.832. The number of anilines is 2. The van der Waals surface area contributed by atoms with E-state index in [2.05, 4.69) is 20.6 Å². The van der Waals surface area contributed by atoms with E-state index < -0.39 is 0 Å². The highest BCUT2D eigenvalue weighted by Gasteiger charge is 2.14. The summed E-state index contributed by atoms with van der Waals surface area (Å²) in [6, 6.07) is 0. The van der Waals surface area contributed by atoms with Crippen LogP contribution in [-0.4, -0.2) is 36.8 Å². The highest BCUT2D eigenvalue weighted by atomic mass is 16.5. The van der Waals surface area contributed by atoms with Crippen molar-refractivity contribution in [2.75, 3.05) is 37.4 Å². The minimum atomic E-state index is 0.594. The largest absolute Gasteiger partial charge is 0.381 e. The van der Waals surface area contributed by atoms with Gasteiger partial charge in [0.25, 0.3) is 0 Å². The summed E-state index contributed by atoms with van der Waals surface area (Å²) in [6.07, 6.45) is 4.23. The summed E-state index contributed by atoms with van der Waals surface area (Å²) < 4.78 is 5.46. The van der Waals surface area contributed by atoms with Gasteiger partial charge in [-0.2, -0.15) is 4.98 Å². The Morgan fingerprint density at radius 2 is 2.41 bits per heavy atom. The Morgan fingerprint density at radius 1 is 1.53 bits per heavy atom. The Hall–Kier alpha value is -1.36. The molecule has 0 saturated carbocycles. The summed E-state index contributed by atoms with van der Waals surface area (Å²) in [7, 11) is 1.82. The Balaban J connectivity index is 1.92. The molecule has 94 valence electrons. The van der Waals surface area contributed by atoms with Gasteiger partial charge >= 0.3 is 0 Å². The molecule has 0 amide bonds. The predicted octanol–water partition coefficient (Wildman–Crippen LogP) is 1.67. The zero-order valence-corrected chi connectivity index (χ0v) is 10.5. The van der Waals surface area contributed by atoms with Gasteiger partial charge in [-0.15, -0.1) is 0 Å². The Morgan fingerprint density at radius 3 is 3.12 bits per heavy atom. The van der Waals surface area contributed by atoms with Crippen molar-refractivity contribution in [1.82, 2.24) is 9.97 Å². The summed E-state index contributed by atoms with van der Waals surface area (Å²) in [5.74, 6) is 2.16. The summed E-state index contributed by atoms with van der Waals surface area (Å²) in [6.45, 7) is 4.70. The maximum Gasteiger partial charge on any atom is 0.224 e. The predicted molar refractivity (Wildman–Crippen MR) is 68.3 cm³/mol. The van der Waals surface area contributed by atoms with Crippen molar-refractivity contribution < 1.29 is 4.74 Å². The molecule has 1 atom stereocenters. The van der Waals surface area contributed by atoms with E-state index in [0.29, 0.717) is 11.9 Å². The van der Waals surface area contributed by atoms with Gasteiger partial charge in [0.05, 0.1) is 6.61 Å². The van der Waals surface area contributed by atoms with Crippen LogP contribution in [0.3, 0.4) is 0 Å². The number of hydrogen-bond acceptors (Lipinski definition) is 5. The minimum absolute atomic E-state index is 0.594. The van der Waals surface area contributed by atoms with Crippen LogP contribution in [0.25, 0.3) is 0 Å². The fraction of sp³-hybridized carbons (Fsp3) is 0.667. The number of rotatable bonds is 4. The van der Waals surface area contributed by atoms with Gasteiger partial charge in [-0.05, 0) is 25.7 Å². The van der Waals surface area contributed by atoms with E-state index in [0.717, 1.165) is 37.6 Å². The van der Waals surface area contributed by atoms with Crippen LogP contribution in [0.4, 0.5) is 11.8 Å². The highest BCUT2D eigenvalue weighted by Crippen LogP contribution is 2.16. The van der Waals surface area contributed by atoms with E-state index in [4.69, 9.17) is 4.74 Å². The van der Waals surface area contributed by atoms with Gasteiger partial charge in [0.15, 0.2) is 0 Å². The van der Waals surface area contributed by atoms with Crippen molar-refractivity contribution >= 4 is 11.8 Å². The second-order valence-electron chi connectivity index (χ2n) is 4.44. The normalized spacial score (nSPS) is 20.0. The Labute approximate surface area is 102 Å². The number of nitrogens with one attached hydrogen (secondary N) is 2. The average molecular weight is 236 g/mol. The van der Waals surface area contributed by atoms with E-state index >= 15 is 0 Å². The van der Waals surface area contributed by atoms with Crippen LogP contribution < -0.4 is 10.6 Å². The Bertz CT molecular complexity index is 364. The van der Waals surface area contributed by atoms with Crippen molar-refractivity contribution in [3.05, 3.63) is 11.8 Å². The van der Waals surface area contributed by atoms with Gasteiger partial charge in [0.2, 0.25) is 5.95 Å². The molecule has 2 rings (SSSR count). The van der Waals surface area contributed by atoms with Crippen LogP contribution >= 0.6 is 0 Å². The van der Waals surface area contributed by atoms with Gasteiger partial charge in [0.1, 0.15) is 5.82 Å². The molecule has 1 unspecified atom stereocenters. The lowest BCUT2D eigenvalue weighted by Crippen LogP contribution is -2.25. The number of ether oxygens (including phenoxy) is 1. The van der Waals surface area contributed by atoms with Crippen molar-refractivity contribution in [3.63, 3.8) is 0 Å². The molecule has 5 nitrogen and oxygen atoms in total. The maximum absolute atomic E-state index is 5.46. The van der Waals surface area contributed by atoms with E-state index in [-0.39, 0.29) is 0 Å². The number of hydrogen-bond donors (Lipinski definition) is 2. The summed E-state index contributed by atoms with van der Waals surface area (Å²) >= 11 is 0. The summed E-state index contributed by atoms with van der Waals surface area (Å²) in [5, 5.41) is 6.33. The third-order valence-electron chi connectivity index (χ3n) is 3.01. The second-order valence-corrected chi connectivity index (χ2v) is 4.44. The topological polar surface area (TPSA) is 59.1 Å². The lowest BCUT2D eigenvalue weighted by Gasteiger charge is -2.22. The Kier molecular flexibility index (Phi) is 4.14. The van der Waals surface area contributed by atoms with Crippen molar-refractivity contribution in [2.24, 2.45) is 5.92 Å². The molecule has 1 aromatic rings. The van der Waals surface area contributed by atoms with Crippen LogP contribution in [0.5, 0.6) is 0 Å². The molecule has 1 aliphatic heterocycles. The fourth-order valence-electron chi connectivity index (χ4n) is 1.95. The first kappa shape index (κ1) is 12.1. The summed E-state index contributed by atoms with van der Waals surface area (Å²) in [5.41, 5.74) is 1.07. The van der Waals surface area contributed by atoms with Gasteiger partial charge in [-0.1, -0.05) is 0 Å². The third kappa shape index (κ3) is 3.30. The van der Waals surface area contributed by atoms with Crippen LogP contribution in [0.1, 0.15) is 18.4 Å². The molecule has 1 saturated heterocycles. The lowest BCUT2D eigenvalue weighted by atomic mass is 10.0. The zero-order chi connectivity index (χ0) is 12.1. The minimum Gasteiger partial charge on any atom is -0.381 e. The van der Waals surface area contributed by atoms with Crippen LogP contribution in [0.2, 0.25) is 0 Å². The number of aromatic nitrogens is 2. The molecule has 1 fully saturated rings. The molecule has 2 heterocycles. The number of aryl methyl sites for hydroxylation is 1. The molecule has 2 N–H and O–H groups in total. The second kappa shape index (κ2) is 5.82. The molecule has 0 spiro atoms. The highest BCUT2D eigenvalue weighted by molar-refractivity contribution is 5.46. The van der Waals surface area contributed by atoms with Gasteiger partial charge in [-0.25, -0.2) is 4.98 Å². The van der Waals surface area contributed by atoms with E-state index in [1.54, 1.807) is 0 Å². The fourth-order valence-corrected chi connectivity index (χ4v) is 1.95. The summed E-state index contributed by atoms with van der Waals surface area (Å²) in [4.78, 5) is 8.57. The van der Waals surface area contributed by atoms with Crippen molar-refractivity contribution in [3.8, 4) is 0 Å². The molecule has 17 heavy (non-hydrogen) atoms. The zero-order valence-electron chi connectivity index (χ0n) is 10.5. The molecular formula is C12H20N4O. The molecular weight excluding hydrogens is 216 g/mol. The van der Waals surface area contributed by atoms with Crippen LogP contribution in [0.15, 0.2) is 6.20 Å². The van der Waals surface area contributed by atoms with Crippen molar-refractivity contribution in [1.29, 1.82) is 0 Å². The molecule has 0 radical (unpaired) electrons. The van der Waals surface area contributed by atoms with Crippen molar-refractivity contribution in [2.45, 2.75) is 19.8 Å². The first-order valence-corrected chi connectivity index (χ1v) is 6.12. The molecule has 0 aromatic carbocycles. The SMILES string of the molecule is CNc1ncc(C)c(NCC2CCCOC2)n1. The molecule has 1 aliphatic rings. The van der Waals surface area contributed by atoms with Crippen LogP contribution in [-0.2, 0) is 4.74 Å². The molecule has 1 aromatic heterocycles. The molecule has 0 aliphatic carbocycles.